The van der Waals surface area contributed by atoms with Gasteiger partial charge in [-0.25, -0.2) is 0 Å². The van der Waals surface area contributed by atoms with Gasteiger partial charge in [0.15, 0.2) is 0 Å². The minimum absolute atomic E-state index is 0.150. The van der Waals surface area contributed by atoms with Crippen LogP contribution in [0.4, 0.5) is 0 Å². The summed E-state index contributed by atoms with van der Waals surface area (Å²) in [4.78, 5) is 14.2. The Bertz CT molecular complexity index is 596. The molecular weight excluding hydrogens is 392 g/mol. The Morgan fingerprint density at radius 2 is 1.12 bits per heavy atom. The van der Waals surface area contributed by atoms with Crippen molar-refractivity contribution in [3.63, 3.8) is 0 Å². The van der Waals surface area contributed by atoms with Crippen LogP contribution in [0.25, 0.3) is 0 Å². The first-order valence-corrected chi connectivity index (χ1v) is 12.6. The van der Waals surface area contributed by atoms with Crippen LogP contribution in [0.3, 0.4) is 0 Å². The smallest absolute Gasteiger partial charge is 0.220 e. The van der Waals surface area contributed by atoms with Crippen LogP contribution in [0.5, 0.6) is 0 Å². The van der Waals surface area contributed by atoms with E-state index in [-0.39, 0.29) is 5.91 Å². The highest BCUT2D eigenvalue weighted by Crippen LogP contribution is 1.98. The molecule has 0 radical (unpaired) electrons. The summed E-state index contributed by atoms with van der Waals surface area (Å²) in [5.74, 6) is 0.150. The van der Waals surface area contributed by atoms with Crippen LogP contribution >= 0.6 is 0 Å². The summed E-state index contributed by atoms with van der Waals surface area (Å²) in [5.41, 5.74) is 0. The van der Waals surface area contributed by atoms with Crippen molar-refractivity contribution >= 4 is 5.91 Å². The van der Waals surface area contributed by atoms with Crippen molar-refractivity contribution in [2.75, 3.05) is 26.2 Å². The van der Waals surface area contributed by atoms with Crippen LogP contribution < -0.4 is 5.32 Å². The van der Waals surface area contributed by atoms with Crippen molar-refractivity contribution in [2.45, 2.75) is 78.6 Å². The lowest BCUT2D eigenvalue weighted by molar-refractivity contribution is -0.121. The van der Waals surface area contributed by atoms with Gasteiger partial charge in [0.2, 0.25) is 5.91 Å². The maximum atomic E-state index is 11.9. The van der Waals surface area contributed by atoms with Crippen molar-refractivity contribution in [1.29, 1.82) is 0 Å². The van der Waals surface area contributed by atoms with Gasteiger partial charge in [-0.1, -0.05) is 93.7 Å². The molecule has 0 rings (SSSR count). The summed E-state index contributed by atoms with van der Waals surface area (Å²) >= 11 is 0. The zero-order valence-electron chi connectivity index (χ0n) is 21.0. The molecule has 0 saturated heterocycles. The van der Waals surface area contributed by atoms with E-state index in [1.54, 1.807) is 0 Å². The predicted molar refractivity (Wildman–Crippen MR) is 143 cm³/mol. The van der Waals surface area contributed by atoms with Crippen molar-refractivity contribution in [1.82, 2.24) is 10.2 Å². The SMILES string of the molecule is CC/C=C\C/C=C\C/C=C\C/C=C\C/C=C\C/C=C\CCC(=O)NCCN(CC)CCC. The third-order valence-corrected chi connectivity index (χ3v) is 4.87. The number of rotatable bonds is 20. The van der Waals surface area contributed by atoms with E-state index in [1.165, 1.54) is 0 Å². The molecule has 180 valence electrons. The Kier molecular flexibility index (Phi) is 23.5. The topological polar surface area (TPSA) is 32.3 Å². The number of likely N-dealkylation sites (N-methyl/N-ethyl adjacent to an activating group) is 1. The first kappa shape index (κ1) is 29.9. The minimum atomic E-state index is 0.150. The second-order valence-electron chi connectivity index (χ2n) is 7.74. The van der Waals surface area contributed by atoms with Gasteiger partial charge in [0.05, 0.1) is 0 Å². The van der Waals surface area contributed by atoms with Crippen LogP contribution in [0.2, 0.25) is 0 Å². The van der Waals surface area contributed by atoms with Crippen LogP contribution in [-0.2, 0) is 4.79 Å². The van der Waals surface area contributed by atoms with Gasteiger partial charge in [0.1, 0.15) is 0 Å². The second-order valence-corrected chi connectivity index (χ2v) is 7.74. The zero-order valence-corrected chi connectivity index (χ0v) is 21.0. The fourth-order valence-electron chi connectivity index (χ4n) is 3.04. The quantitative estimate of drug-likeness (QED) is 0.201. The van der Waals surface area contributed by atoms with Gasteiger partial charge in [0, 0.05) is 19.5 Å². The summed E-state index contributed by atoms with van der Waals surface area (Å²) in [6, 6.07) is 0. The lowest BCUT2D eigenvalue weighted by atomic mass is 10.2. The normalized spacial score (nSPS) is 12.9. The molecule has 0 aromatic carbocycles. The number of allylic oxidation sites excluding steroid dienone is 12. The van der Waals surface area contributed by atoms with Gasteiger partial charge < -0.3 is 10.2 Å². The van der Waals surface area contributed by atoms with Gasteiger partial charge in [-0.3, -0.25) is 4.79 Å². The summed E-state index contributed by atoms with van der Waals surface area (Å²) in [5, 5.41) is 3.02. The predicted octanol–water partition coefficient (Wildman–Crippen LogP) is 7.31. The molecule has 3 nitrogen and oxygen atoms in total. The van der Waals surface area contributed by atoms with Crippen molar-refractivity contribution in [2.24, 2.45) is 0 Å². The first-order valence-electron chi connectivity index (χ1n) is 12.6. The van der Waals surface area contributed by atoms with Gasteiger partial charge in [-0.05, 0) is 64.5 Å². The van der Waals surface area contributed by atoms with E-state index in [1.807, 2.05) is 0 Å². The fraction of sp³-hybridized carbons (Fsp3) is 0.552. The lowest BCUT2D eigenvalue weighted by Crippen LogP contribution is -2.35. The number of hydrogen-bond donors (Lipinski definition) is 1. The number of nitrogens with one attached hydrogen (secondary N) is 1. The molecule has 0 aromatic rings. The highest BCUT2D eigenvalue weighted by Gasteiger charge is 2.02. The molecule has 0 aliphatic rings. The summed E-state index contributed by atoms with van der Waals surface area (Å²) in [6.07, 6.45) is 34.9. The Morgan fingerprint density at radius 1 is 0.656 bits per heavy atom. The molecule has 0 spiro atoms. The fourth-order valence-corrected chi connectivity index (χ4v) is 3.04. The van der Waals surface area contributed by atoms with Crippen LogP contribution in [-0.4, -0.2) is 37.0 Å². The molecule has 3 heteroatoms. The summed E-state index contributed by atoms with van der Waals surface area (Å²) in [6.45, 7) is 10.3. The molecular formula is C29H48N2O. The molecule has 0 atom stereocenters. The first-order chi connectivity index (χ1) is 15.7. The Labute approximate surface area is 198 Å². The van der Waals surface area contributed by atoms with E-state index in [9.17, 15) is 4.79 Å². The molecule has 32 heavy (non-hydrogen) atoms. The summed E-state index contributed by atoms with van der Waals surface area (Å²) < 4.78 is 0. The number of hydrogen-bond acceptors (Lipinski definition) is 2. The zero-order chi connectivity index (χ0) is 23.5. The van der Waals surface area contributed by atoms with Gasteiger partial charge in [-0.2, -0.15) is 0 Å². The molecule has 0 saturated carbocycles. The van der Waals surface area contributed by atoms with E-state index >= 15 is 0 Å². The maximum absolute atomic E-state index is 11.9. The standard InChI is InChI=1S/C29H48N2O/c1-4-7-8-9-10-11-12-13-14-15-16-17-18-19-20-21-22-23-24-25-29(32)30-26-28-31(6-3)27-5-2/h7-8,10-11,13-14,16-17,19-20,22-23H,4-6,9,12,15,18,21,24-28H2,1-3H3,(H,30,32)/b8-7-,11-10-,14-13-,17-16-,20-19-,23-22-. The van der Waals surface area contributed by atoms with Crippen molar-refractivity contribution in [3.05, 3.63) is 72.9 Å². The third-order valence-electron chi connectivity index (χ3n) is 4.87. The number of nitrogens with zero attached hydrogens (tertiary/aromatic N) is 1. The highest BCUT2D eigenvalue weighted by atomic mass is 16.1. The average molecular weight is 441 g/mol. The largest absolute Gasteiger partial charge is 0.355 e. The van der Waals surface area contributed by atoms with E-state index in [2.05, 4.69) is 104 Å². The molecule has 0 fully saturated rings. The van der Waals surface area contributed by atoms with Gasteiger partial charge >= 0.3 is 0 Å². The molecule has 0 heterocycles. The molecule has 0 aliphatic carbocycles. The van der Waals surface area contributed by atoms with Crippen LogP contribution in [0.15, 0.2) is 72.9 Å². The average Bonchev–Trinajstić information content (AvgIpc) is 2.80. The molecule has 1 amide bonds. The second kappa shape index (κ2) is 25.1. The highest BCUT2D eigenvalue weighted by molar-refractivity contribution is 5.75. The molecule has 1 N–H and O–H groups in total. The maximum Gasteiger partial charge on any atom is 0.220 e. The van der Waals surface area contributed by atoms with E-state index in [0.29, 0.717) is 6.42 Å². The number of amides is 1. The van der Waals surface area contributed by atoms with E-state index in [4.69, 9.17) is 0 Å². The monoisotopic (exact) mass is 440 g/mol. The number of carbonyl (C=O) groups excluding carboxylic acids is 1. The minimum Gasteiger partial charge on any atom is -0.355 e. The van der Waals surface area contributed by atoms with Crippen molar-refractivity contribution in [3.8, 4) is 0 Å². The Morgan fingerprint density at radius 3 is 1.56 bits per heavy atom. The lowest BCUT2D eigenvalue weighted by Gasteiger charge is -2.19. The molecule has 0 bridgehead atoms. The van der Waals surface area contributed by atoms with Crippen molar-refractivity contribution < 1.29 is 4.79 Å². The Hall–Kier alpha value is -2.13. The van der Waals surface area contributed by atoms with Gasteiger partial charge in [0.25, 0.3) is 0 Å². The molecule has 0 unspecified atom stereocenters. The van der Waals surface area contributed by atoms with E-state index in [0.717, 1.165) is 77.5 Å². The molecule has 0 aromatic heterocycles. The Balaban J connectivity index is 3.62. The molecule has 0 aliphatic heterocycles. The van der Waals surface area contributed by atoms with E-state index < -0.39 is 0 Å². The van der Waals surface area contributed by atoms with Crippen LogP contribution in [0, 0.1) is 0 Å². The van der Waals surface area contributed by atoms with Gasteiger partial charge in [-0.15, -0.1) is 0 Å². The third kappa shape index (κ3) is 22.6. The summed E-state index contributed by atoms with van der Waals surface area (Å²) in [7, 11) is 0. The number of carbonyl (C=O) groups is 1. The van der Waals surface area contributed by atoms with Crippen LogP contribution in [0.1, 0.15) is 78.6 Å².